The number of aliphatic carboxylic acids is 1. The number of hydrogen-bond acceptors (Lipinski definition) is 3. The molecular weight excluding hydrogens is 250 g/mol. The molecule has 2 atom stereocenters. The smallest absolute Gasteiger partial charge is 0.326 e. The minimum Gasteiger partial charge on any atom is -0.480 e. The Bertz CT molecular complexity index is 269. The van der Waals surface area contributed by atoms with Crippen molar-refractivity contribution < 1.29 is 14.7 Å². The van der Waals surface area contributed by atoms with Gasteiger partial charge in [-0.05, 0) is 24.0 Å². The van der Waals surface area contributed by atoms with Gasteiger partial charge in [0.2, 0.25) is 5.91 Å². The second-order valence-corrected chi connectivity index (χ2v) is 6.11. The number of hydrogen-bond donors (Lipinski definition) is 2. The van der Waals surface area contributed by atoms with Gasteiger partial charge in [0.05, 0.1) is 5.75 Å². The van der Waals surface area contributed by atoms with Gasteiger partial charge in [-0.1, -0.05) is 34.1 Å². The summed E-state index contributed by atoms with van der Waals surface area (Å²) >= 11 is 1.56. The third-order valence-corrected chi connectivity index (χ3v) is 3.86. The van der Waals surface area contributed by atoms with Gasteiger partial charge in [-0.25, -0.2) is 4.79 Å². The molecule has 0 aromatic rings. The summed E-state index contributed by atoms with van der Waals surface area (Å²) in [4.78, 5) is 22.7. The minimum absolute atomic E-state index is 0.0490. The average Bonchev–Trinajstić information content (AvgIpc) is 2.30. The normalized spacial score (nSPS) is 14.3. The highest BCUT2D eigenvalue weighted by Crippen LogP contribution is 2.10. The Morgan fingerprint density at radius 1 is 1.28 bits per heavy atom. The molecule has 4 nitrogen and oxygen atoms in total. The molecule has 0 aromatic heterocycles. The first-order chi connectivity index (χ1) is 8.38. The van der Waals surface area contributed by atoms with Crippen LogP contribution in [0.25, 0.3) is 0 Å². The molecule has 0 fully saturated rings. The molecule has 0 bridgehead atoms. The SMILES string of the molecule is CC[C@H](C)[C@H](NC(=O)CSCCC(C)C)C(=O)O. The number of rotatable bonds is 9. The van der Waals surface area contributed by atoms with Gasteiger partial charge in [-0.3, -0.25) is 4.79 Å². The maximum absolute atomic E-state index is 11.6. The molecule has 0 spiro atoms. The fourth-order valence-electron chi connectivity index (χ4n) is 1.38. The molecular formula is C13H25NO3S. The van der Waals surface area contributed by atoms with Crippen molar-refractivity contribution in [1.29, 1.82) is 0 Å². The van der Waals surface area contributed by atoms with Gasteiger partial charge in [-0.15, -0.1) is 0 Å². The van der Waals surface area contributed by atoms with E-state index in [0.29, 0.717) is 11.7 Å². The predicted octanol–water partition coefficient (Wildman–Crippen LogP) is 2.38. The molecule has 0 aliphatic carbocycles. The van der Waals surface area contributed by atoms with E-state index in [4.69, 9.17) is 5.11 Å². The van der Waals surface area contributed by atoms with Crippen LogP contribution in [-0.2, 0) is 9.59 Å². The Kier molecular flexibility index (Phi) is 8.89. The van der Waals surface area contributed by atoms with Gasteiger partial charge < -0.3 is 10.4 Å². The number of carboxylic acids is 1. The highest BCUT2D eigenvalue weighted by atomic mass is 32.2. The lowest BCUT2D eigenvalue weighted by molar-refractivity contribution is -0.143. The first kappa shape index (κ1) is 17.3. The van der Waals surface area contributed by atoms with Crippen molar-refractivity contribution >= 4 is 23.6 Å². The Hall–Kier alpha value is -0.710. The maximum Gasteiger partial charge on any atom is 0.326 e. The van der Waals surface area contributed by atoms with Crippen molar-refractivity contribution in [2.45, 2.75) is 46.6 Å². The Labute approximate surface area is 114 Å². The van der Waals surface area contributed by atoms with Crippen molar-refractivity contribution in [2.24, 2.45) is 11.8 Å². The molecule has 1 amide bonds. The molecule has 0 aliphatic rings. The predicted molar refractivity (Wildman–Crippen MR) is 75.8 cm³/mol. The molecule has 2 N–H and O–H groups in total. The third-order valence-electron chi connectivity index (χ3n) is 2.87. The fourth-order valence-corrected chi connectivity index (χ4v) is 2.43. The molecule has 0 unspecified atom stereocenters. The summed E-state index contributed by atoms with van der Waals surface area (Å²) in [6, 6.07) is -0.770. The van der Waals surface area contributed by atoms with E-state index in [0.717, 1.165) is 18.6 Å². The van der Waals surface area contributed by atoms with Gasteiger partial charge in [0.25, 0.3) is 0 Å². The summed E-state index contributed by atoms with van der Waals surface area (Å²) in [6.07, 6.45) is 1.81. The van der Waals surface area contributed by atoms with Crippen LogP contribution in [0.2, 0.25) is 0 Å². The summed E-state index contributed by atoms with van der Waals surface area (Å²) in [5.41, 5.74) is 0. The van der Waals surface area contributed by atoms with E-state index >= 15 is 0 Å². The topological polar surface area (TPSA) is 66.4 Å². The van der Waals surface area contributed by atoms with E-state index in [1.54, 1.807) is 11.8 Å². The van der Waals surface area contributed by atoms with E-state index in [9.17, 15) is 9.59 Å². The van der Waals surface area contributed by atoms with E-state index in [1.807, 2.05) is 13.8 Å². The van der Waals surface area contributed by atoms with Gasteiger partial charge in [0.1, 0.15) is 6.04 Å². The summed E-state index contributed by atoms with van der Waals surface area (Å²) in [5.74, 6) is 0.722. The Balaban J connectivity index is 4.00. The van der Waals surface area contributed by atoms with Crippen LogP contribution >= 0.6 is 11.8 Å². The highest BCUT2D eigenvalue weighted by Gasteiger charge is 2.24. The summed E-state index contributed by atoms with van der Waals surface area (Å²) in [7, 11) is 0. The zero-order chi connectivity index (χ0) is 14.1. The number of carbonyl (C=O) groups is 2. The van der Waals surface area contributed by atoms with E-state index in [-0.39, 0.29) is 11.8 Å². The Morgan fingerprint density at radius 3 is 2.33 bits per heavy atom. The van der Waals surface area contributed by atoms with Crippen molar-refractivity contribution in [3.63, 3.8) is 0 Å². The standard InChI is InChI=1S/C13H25NO3S/c1-5-10(4)12(13(16)17)14-11(15)8-18-7-6-9(2)3/h9-10,12H,5-8H2,1-4H3,(H,14,15)(H,16,17)/t10-,12-/m0/s1. The maximum atomic E-state index is 11.6. The van der Waals surface area contributed by atoms with Crippen LogP contribution in [0.4, 0.5) is 0 Å². The molecule has 0 saturated heterocycles. The molecule has 0 saturated carbocycles. The molecule has 0 aliphatic heterocycles. The second-order valence-electron chi connectivity index (χ2n) is 5.00. The molecule has 0 rings (SSSR count). The number of carboxylic acid groups (broad SMARTS) is 1. The molecule has 18 heavy (non-hydrogen) atoms. The second kappa shape index (κ2) is 9.25. The van der Waals surface area contributed by atoms with Crippen LogP contribution < -0.4 is 5.32 Å². The van der Waals surface area contributed by atoms with E-state index < -0.39 is 12.0 Å². The van der Waals surface area contributed by atoms with Crippen LogP contribution in [0.3, 0.4) is 0 Å². The lowest BCUT2D eigenvalue weighted by atomic mass is 9.99. The van der Waals surface area contributed by atoms with E-state index in [2.05, 4.69) is 19.2 Å². The molecule has 0 radical (unpaired) electrons. The van der Waals surface area contributed by atoms with Gasteiger partial charge >= 0.3 is 5.97 Å². The summed E-state index contributed by atoms with van der Waals surface area (Å²) in [5, 5.41) is 11.6. The summed E-state index contributed by atoms with van der Waals surface area (Å²) < 4.78 is 0. The lowest BCUT2D eigenvalue weighted by Crippen LogP contribution is -2.45. The third kappa shape index (κ3) is 7.58. The number of carbonyl (C=O) groups excluding carboxylic acids is 1. The molecule has 106 valence electrons. The lowest BCUT2D eigenvalue weighted by Gasteiger charge is -2.20. The number of nitrogens with one attached hydrogen (secondary N) is 1. The summed E-state index contributed by atoms with van der Waals surface area (Å²) in [6.45, 7) is 8.04. The van der Waals surface area contributed by atoms with Crippen molar-refractivity contribution in [3.8, 4) is 0 Å². The van der Waals surface area contributed by atoms with Crippen molar-refractivity contribution in [1.82, 2.24) is 5.32 Å². The minimum atomic E-state index is -0.954. The van der Waals surface area contributed by atoms with Crippen LogP contribution in [0.1, 0.15) is 40.5 Å². The number of amides is 1. The first-order valence-electron chi connectivity index (χ1n) is 6.48. The van der Waals surface area contributed by atoms with Crippen LogP contribution in [0.15, 0.2) is 0 Å². The van der Waals surface area contributed by atoms with Crippen molar-refractivity contribution in [2.75, 3.05) is 11.5 Å². The van der Waals surface area contributed by atoms with Gasteiger partial charge in [0.15, 0.2) is 0 Å². The van der Waals surface area contributed by atoms with E-state index in [1.165, 1.54) is 0 Å². The van der Waals surface area contributed by atoms with Crippen LogP contribution in [-0.4, -0.2) is 34.5 Å². The molecule has 0 heterocycles. The largest absolute Gasteiger partial charge is 0.480 e. The Morgan fingerprint density at radius 2 is 1.89 bits per heavy atom. The first-order valence-corrected chi connectivity index (χ1v) is 7.63. The van der Waals surface area contributed by atoms with Crippen molar-refractivity contribution in [3.05, 3.63) is 0 Å². The monoisotopic (exact) mass is 275 g/mol. The van der Waals surface area contributed by atoms with Crippen LogP contribution in [0.5, 0.6) is 0 Å². The molecule has 0 aromatic carbocycles. The van der Waals surface area contributed by atoms with Gasteiger partial charge in [0, 0.05) is 0 Å². The average molecular weight is 275 g/mol. The van der Waals surface area contributed by atoms with Gasteiger partial charge in [-0.2, -0.15) is 11.8 Å². The fraction of sp³-hybridized carbons (Fsp3) is 0.846. The quantitative estimate of drug-likeness (QED) is 0.634. The number of thioether (sulfide) groups is 1. The molecule has 5 heteroatoms. The highest BCUT2D eigenvalue weighted by molar-refractivity contribution is 7.99. The zero-order valence-electron chi connectivity index (χ0n) is 11.7. The zero-order valence-corrected chi connectivity index (χ0v) is 12.5. The van der Waals surface area contributed by atoms with Crippen LogP contribution in [0, 0.1) is 11.8 Å².